The SMILES string of the molecule is CC1CCN(CC(O)(c2cn(Cc3ccccc3)c3cc([N+](=O)[O-])ccc23)C(F)(F)F)CC1. The number of aliphatic hydroxyl groups is 1. The van der Waals surface area contributed by atoms with Crippen molar-refractivity contribution in [1.82, 2.24) is 9.47 Å². The van der Waals surface area contributed by atoms with Crippen molar-refractivity contribution in [2.45, 2.75) is 38.1 Å². The second-order valence-corrected chi connectivity index (χ2v) is 8.93. The molecule has 9 heteroatoms. The second-order valence-electron chi connectivity index (χ2n) is 8.93. The van der Waals surface area contributed by atoms with Crippen LogP contribution in [0.5, 0.6) is 0 Å². The molecule has 1 aliphatic rings. The number of fused-ring (bicyclic) bond motifs is 1. The summed E-state index contributed by atoms with van der Waals surface area (Å²) < 4.78 is 44.7. The molecule has 0 bridgehead atoms. The Balaban J connectivity index is 1.83. The van der Waals surface area contributed by atoms with Crippen LogP contribution in [0, 0.1) is 16.0 Å². The Labute approximate surface area is 189 Å². The Bertz CT molecular complexity index is 1140. The van der Waals surface area contributed by atoms with Crippen molar-refractivity contribution in [3.8, 4) is 0 Å². The van der Waals surface area contributed by atoms with Gasteiger partial charge in [0, 0.05) is 42.4 Å². The summed E-state index contributed by atoms with van der Waals surface area (Å²) in [5.41, 5.74) is -2.51. The van der Waals surface area contributed by atoms with Gasteiger partial charge in [-0.15, -0.1) is 0 Å². The van der Waals surface area contributed by atoms with Gasteiger partial charge in [-0.25, -0.2) is 0 Å². The first-order chi connectivity index (χ1) is 15.6. The highest BCUT2D eigenvalue weighted by atomic mass is 19.4. The van der Waals surface area contributed by atoms with Crippen LogP contribution in [0.15, 0.2) is 54.7 Å². The van der Waals surface area contributed by atoms with E-state index in [4.69, 9.17) is 0 Å². The molecule has 1 atom stereocenters. The predicted octanol–water partition coefficient (Wildman–Crippen LogP) is 5.08. The lowest BCUT2D eigenvalue weighted by molar-refractivity contribution is -0.384. The van der Waals surface area contributed by atoms with E-state index in [0.29, 0.717) is 19.0 Å². The zero-order valence-corrected chi connectivity index (χ0v) is 18.3. The van der Waals surface area contributed by atoms with E-state index in [1.54, 1.807) is 9.47 Å². The van der Waals surface area contributed by atoms with E-state index >= 15 is 0 Å². The van der Waals surface area contributed by atoms with Crippen molar-refractivity contribution in [3.63, 3.8) is 0 Å². The zero-order chi connectivity index (χ0) is 23.8. The number of nitrogens with zero attached hydrogens (tertiary/aromatic N) is 3. The lowest BCUT2D eigenvalue weighted by atomic mass is 9.90. The highest BCUT2D eigenvalue weighted by molar-refractivity contribution is 5.87. The largest absolute Gasteiger partial charge is 0.422 e. The molecule has 2 heterocycles. The van der Waals surface area contributed by atoms with E-state index in [9.17, 15) is 28.4 Å². The zero-order valence-electron chi connectivity index (χ0n) is 18.3. The molecule has 0 amide bonds. The topological polar surface area (TPSA) is 71.5 Å². The number of halogens is 3. The van der Waals surface area contributed by atoms with Crippen LogP contribution in [0.25, 0.3) is 10.9 Å². The molecule has 1 N–H and O–H groups in total. The predicted molar refractivity (Wildman–Crippen MR) is 119 cm³/mol. The van der Waals surface area contributed by atoms with Crippen LogP contribution in [0.4, 0.5) is 18.9 Å². The average Bonchev–Trinajstić information content (AvgIpc) is 3.13. The molecule has 1 unspecified atom stereocenters. The van der Waals surface area contributed by atoms with E-state index in [-0.39, 0.29) is 28.7 Å². The first-order valence-corrected chi connectivity index (χ1v) is 10.9. The number of hydrogen-bond donors (Lipinski definition) is 1. The fourth-order valence-corrected chi connectivity index (χ4v) is 4.51. The summed E-state index contributed by atoms with van der Waals surface area (Å²) in [7, 11) is 0. The van der Waals surface area contributed by atoms with E-state index in [0.717, 1.165) is 18.4 Å². The molecule has 176 valence electrons. The molecule has 0 aliphatic carbocycles. The third-order valence-corrected chi connectivity index (χ3v) is 6.52. The Hall–Kier alpha value is -2.91. The van der Waals surface area contributed by atoms with Crippen molar-refractivity contribution < 1.29 is 23.2 Å². The molecular weight excluding hydrogens is 435 g/mol. The summed E-state index contributed by atoms with van der Waals surface area (Å²) in [6, 6.07) is 12.9. The van der Waals surface area contributed by atoms with Gasteiger partial charge in [-0.1, -0.05) is 37.3 Å². The standard InChI is InChI=1S/C24H26F3N3O3/c1-17-9-11-28(12-10-17)16-23(31,24(25,26)27)21-15-29(14-18-5-3-2-4-6-18)22-13-19(30(32)33)7-8-20(21)22/h2-8,13,15,17,31H,9-12,14,16H2,1H3. The monoisotopic (exact) mass is 461 g/mol. The number of hydrogen-bond acceptors (Lipinski definition) is 4. The Morgan fingerprint density at radius 1 is 1.12 bits per heavy atom. The fourth-order valence-electron chi connectivity index (χ4n) is 4.51. The van der Waals surface area contributed by atoms with Crippen LogP contribution in [0.3, 0.4) is 0 Å². The third kappa shape index (κ3) is 4.60. The molecule has 0 spiro atoms. The molecule has 3 aromatic rings. The normalized spacial score (nSPS) is 17.8. The van der Waals surface area contributed by atoms with Crippen molar-refractivity contribution in [3.05, 3.63) is 76.0 Å². The molecule has 1 saturated heterocycles. The summed E-state index contributed by atoms with van der Waals surface area (Å²) in [5, 5.41) is 22.7. The molecule has 4 rings (SSSR count). The lowest BCUT2D eigenvalue weighted by Crippen LogP contribution is -2.52. The maximum absolute atomic E-state index is 14.4. The van der Waals surface area contributed by atoms with Gasteiger partial charge in [-0.2, -0.15) is 13.2 Å². The molecule has 1 aliphatic heterocycles. The van der Waals surface area contributed by atoms with Gasteiger partial charge in [0.25, 0.3) is 5.69 Å². The minimum Gasteiger partial charge on any atom is -0.375 e. The van der Waals surface area contributed by atoms with Crippen LogP contribution >= 0.6 is 0 Å². The first kappa shape index (κ1) is 23.3. The van der Waals surface area contributed by atoms with Crippen molar-refractivity contribution >= 4 is 16.6 Å². The van der Waals surface area contributed by atoms with Gasteiger partial charge in [0.2, 0.25) is 5.60 Å². The van der Waals surface area contributed by atoms with Gasteiger partial charge in [0.1, 0.15) is 0 Å². The number of likely N-dealkylation sites (tertiary alicyclic amines) is 1. The highest BCUT2D eigenvalue weighted by Gasteiger charge is 2.57. The molecule has 6 nitrogen and oxygen atoms in total. The fraction of sp³-hybridized carbons (Fsp3) is 0.417. The van der Waals surface area contributed by atoms with Crippen LogP contribution < -0.4 is 0 Å². The Kier molecular flexibility index (Phi) is 6.20. The number of piperidine rings is 1. The first-order valence-electron chi connectivity index (χ1n) is 10.9. The smallest absolute Gasteiger partial charge is 0.375 e. The quantitative estimate of drug-likeness (QED) is 0.411. The summed E-state index contributed by atoms with van der Waals surface area (Å²) in [6.07, 6.45) is -2.09. The number of β-amino-alcohol motifs (C(OH)–C–C–N with tert-alkyl or cyclic N) is 1. The number of alkyl halides is 3. The van der Waals surface area contributed by atoms with Gasteiger partial charge in [0.15, 0.2) is 0 Å². The number of rotatable bonds is 6. The summed E-state index contributed by atoms with van der Waals surface area (Å²) in [6.45, 7) is 2.66. The molecular formula is C24H26F3N3O3. The van der Waals surface area contributed by atoms with Gasteiger partial charge in [0.05, 0.1) is 10.4 Å². The number of benzene rings is 2. The Morgan fingerprint density at radius 2 is 1.79 bits per heavy atom. The molecule has 0 saturated carbocycles. The van der Waals surface area contributed by atoms with Gasteiger partial charge in [-0.05, 0) is 43.5 Å². The van der Waals surface area contributed by atoms with E-state index in [1.165, 1.54) is 24.4 Å². The molecule has 0 radical (unpaired) electrons. The minimum atomic E-state index is -4.93. The van der Waals surface area contributed by atoms with Gasteiger partial charge < -0.3 is 9.67 Å². The number of nitro groups is 1. The van der Waals surface area contributed by atoms with Crippen LogP contribution in [-0.2, 0) is 12.1 Å². The van der Waals surface area contributed by atoms with Crippen molar-refractivity contribution in [2.24, 2.45) is 5.92 Å². The number of nitro benzene ring substituents is 1. The molecule has 1 fully saturated rings. The maximum Gasteiger partial charge on any atom is 0.422 e. The summed E-state index contributed by atoms with van der Waals surface area (Å²) in [4.78, 5) is 12.4. The molecule has 2 aromatic carbocycles. The van der Waals surface area contributed by atoms with Crippen LogP contribution in [-0.4, -0.2) is 45.3 Å². The minimum absolute atomic E-state index is 0.154. The highest BCUT2D eigenvalue weighted by Crippen LogP contribution is 2.44. The maximum atomic E-state index is 14.4. The Morgan fingerprint density at radius 3 is 2.39 bits per heavy atom. The summed E-state index contributed by atoms with van der Waals surface area (Å²) >= 11 is 0. The van der Waals surface area contributed by atoms with Crippen molar-refractivity contribution in [2.75, 3.05) is 19.6 Å². The third-order valence-electron chi connectivity index (χ3n) is 6.52. The average molecular weight is 461 g/mol. The van der Waals surface area contributed by atoms with Gasteiger partial charge in [-0.3, -0.25) is 15.0 Å². The number of aromatic nitrogens is 1. The second kappa shape index (κ2) is 8.79. The number of non-ortho nitro benzene ring substituents is 1. The lowest BCUT2D eigenvalue weighted by Gasteiger charge is -2.38. The van der Waals surface area contributed by atoms with E-state index in [2.05, 4.69) is 6.92 Å². The molecule has 1 aromatic heterocycles. The van der Waals surface area contributed by atoms with Gasteiger partial charge >= 0.3 is 6.18 Å². The summed E-state index contributed by atoms with van der Waals surface area (Å²) in [5.74, 6) is 0.438. The van der Waals surface area contributed by atoms with E-state index < -0.39 is 23.2 Å². The van der Waals surface area contributed by atoms with E-state index in [1.807, 2.05) is 30.3 Å². The van der Waals surface area contributed by atoms with Crippen LogP contribution in [0.2, 0.25) is 0 Å². The van der Waals surface area contributed by atoms with Crippen molar-refractivity contribution in [1.29, 1.82) is 0 Å². The molecule has 33 heavy (non-hydrogen) atoms. The van der Waals surface area contributed by atoms with Crippen LogP contribution in [0.1, 0.15) is 30.9 Å².